The molecule has 24 heavy (non-hydrogen) atoms. The van der Waals surface area contributed by atoms with Crippen molar-refractivity contribution in [3.8, 4) is 0 Å². The number of hydrogen-bond donors (Lipinski definition) is 0. The number of rotatable bonds is 2. The maximum absolute atomic E-state index is 13.3. The van der Waals surface area contributed by atoms with Crippen LogP contribution in [0.4, 0.5) is 4.39 Å². The molecule has 0 saturated carbocycles. The van der Waals surface area contributed by atoms with Gasteiger partial charge in [0.1, 0.15) is 5.82 Å². The Balaban J connectivity index is 1.61. The van der Waals surface area contributed by atoms with E-state index in [1.165, 1.54) is 22.5 Å². The third kappa shape index (κ3) is 2.43. The molecule has 9 heteroatoms. The van der Waals surface area contributed by atoms with Gasteiger partial charge in [0.15, 0.2) is 0 Å². The molecule has 0 radical (unpaired) electrons. The predicted octanol–water partition coefficient (Wildman–Crippen LogP) is 1.26. The van der Waals surface area contributed by atoms with Gasteiger partial charge in [0, 0.05) is 13.1 Å². The van der Waals surface area contributed by atoms with Crippen molar-refractivity contribution in [3.05, 3.63) is 41.5 Å². The van der Waals surface area contributed by atoms with E-state index in [-0.39, 0.29) is 23.6 Å². The second kappa shape index (κ2) is 5.61. The van der Waals surface area contributed by atoms with Crippen LogP contribution < -0.4 is 0 Å². The third-order valence-electron chi connectivity index (χ3n) is 4.65. The molecule has 0 unspecified atom stereocenters. The van der Waals surface area contributed by atoms with Crippen LogP contribution in [0.5, 0.6) is 0 Å². The smallest absolute Gasteiger partial charge is 0.243 e. The van der Waals surface area contributed by atoms with Crippen LogP contribution in [0.25, 0.3) is 0 Å². The van der Waals surface area contributed by atoms with Crippen molar-refractivity contribution < 1.29 is 17.5 Å². The van der Waals surface area contributed by atoms with E-state index in [4.69, 9.17) is 4.74 Å². The van der Waals surface area contributed by atoms with Crippen molar-refractivity contribution in [1.82, 2.24) is 19.3 Å². The first-order chi connectivity index (χ1) is 11.5. The van der Waals surface area contributed by atoms with Gasteiger partial charge in [-0.05, 0) is 37.1 Å². The summed E-state index contributed by atoms with van der Waals surface area (Å²) in [6.45, 7) is 2.59. The minimum absolute atomic E-state index is 0.00276. The van der Waals surface area contributed by atoms with Crippen LogP contribution in [0.15, 0.2) is 29.3 Å². The Labute approximate surface area is 139 Å². The zero-order valence-corrected chi connectivity index (χ0v) is 13.9. The average molecular weight is 352 g/mol. The largest absolute Gasteiger partial charge is 0.368 e. The van der Waals surface area contributed by atoms with E-state index in [0.29, 0.717) is 25.1 Å². The van der Waals surface area contributed by atoms with E-state index < -0.39 is 15.8 Å². The SMILES string of the molecule is Cc1cc(F)ccc1S(=O)(=O)N1CC[C@H]2[C@H](C1)OCc1cnnn12. The molecule has 7 nitrogen and oxygen atoms in total. The summed E-state index contributed by atoms with van der Waals surface area (Å²) in [5, 5.41) is 7.98. The van der Waals surface area contributed by atoms with Crippen molar-refractivity contribution in [3.63, 3.8) is 0 Å². The minimum atomic E-state index is -3.68. The average Bonchev–Trinajstić information content (AvgIpc) is 3.03. The number of hydrogen-bond acceptors (Lipinski definition) is 5. The summed E-state index contributed by atoms with van der Waals surface area (Å²) in [7, 11) is -3.68. The van der Waals surface area contributed by atoms with E-state index in [1.54, 1.807) is 13.1 Å². The topological polar surface area (TPSA) is 77.3 Å². The van der Waals surface area contributed by atoms with Crippen LogP contribution in [0.3, 0.4) is 0 Å². The van der Waals surface area contributed by atoms with Crippen LogP contribution in [-0.2, 0) is 21.4 Å². The molecule has 2 aliphatic rings. The van der Waals surface area contributed by atoms with Gasteiger partial charge in [-0.25, -0.2) is 17.5 Å². The van der Waals surface area contributed by atoms with Gasteiger partial charge in [-0.15, -0.1) is 5.10 Å². The highest BCUT2D eigenvalue weighted by Crippen LogP contribution is 2.33. The maximum Gasteiger partial charge on any atom is 0.243 e. The molecule has 4 rings (SSSR count). The molecule has 0 aliphatic carbocycles. The van der Waals surface area contributed by atoms with Gasteiger partial charge < -0.3 is 4.74 Å². The van der Waals surface area contributed by atoms with E-state index in [0.717, 1.165) is 5.69 Å². The number of ether oxygens (including phenoxy) is 1. The molecule has 0 spiro atoms. The highest BCUT2D eigenvalue weighted by Gasteiger charge is 2.40. The molecule has 128 valence electrons. The van der Waals surface area contributed by atoms with Gasteiger partial charge in [-0.3, -0.25) is 0 Å². The Kier molecular flexibility index (Phi) is 3.66. The lowest BCUT2D eigenvalue weighted by Crippen LogP contribution is -2.50. The van der Waals surface area contributed by atoms with Gasteiger partial charge in [0.2, 0.25) is 10.0 Å². The first-order valence-corrected chi connectivity index (χ1v) is 9.18. The molecule has 2 atom stereocenters. The molecule has 2 aromatic rings. The Morgan fingerprint density at radius 3 is 3.00 bits per heavy atom. The van der Waals surface area contributed by atoms with Crippen LogP contribution >= 0.6 is 0 Å². The molecule has 1 saturated heterocycles. The molecule has 2 aliphatic heterocycles. The minimum Gasteiger partial charge on any atom is -0.368 e. The summed E-state index contributed by atoms with van der Waals surface area (Å²) in [6.07, 6.45) is 2.00. The number of piperidine rings is 1. The van der Waals surface area contributed by atoms with Crippen molar-refractivity contribution in [2.24, 2.45) is 0 Å². The lowest BCUT2D eigenvalue weighted by atomic mass is 10.0. The van der Waals surface area contributed by atoms with Crippen molar-refractivity contribution in [1.29, 1.82) is 0 Å². The van der Waals surface area contributed by atoms with E-state index in [2.05, 4.69) is 10.3 Å². The summed E-state index contributed by atoms with van der Waals surface area (Å²) in [5.41, 5.74) is 1.31. The number of benzene rings is 1. The van der Waals surface area contributed by atoms with Gasteiger partial charge >= 0.3 is 0 Å². The number of nitrogens with zero attached hydrogens (tertiary/aromatic N) is 4. The fourth-order valence-corrected chi connectivity index (χ4v) is 5.09. The molecule has 1 fully saturated rings. The number of sulfonamides is 1. The molecule has 0 amide bonds. The van der Waals surface area contributed by atoms with Crippen LogP contribution in [-0.4, -0.2) is 46.9 Å². The summed E-state index contributed by atoms with van der Waals surface area (Å²) in [5.74, 6) is -0.445. The number of aryl methyl sites for hydroxylation is 1. The van der Waals surface area contributed by atoms with Crippen LogP contribution in [0, 0.1) is 12.7 Å². The quantitative estimate of drug-likeness (QED) is 0.813. The Morgan fingerprint density at radius 2 is 2.21 bits per heavy atom. The number of fused-ring (bicyclic) bond motifs is 3. The molecule has 0 N–H and O–H groups in total. The highest BCUT2D eigenvalue weighted by atomic mass is 32.2. The van der Waals surface area contributed by atoms with Crippen molar-refractivity contribution in [2.75, 3.05) is 13.1 Å². The van der Waals surface area contributed by atoms with Gasteiger partial charge in [-0.2, -0.15) is 4.31 Å². The normalized spacial score (nSPS) is 24.4. The van der Waals surface area contributed by atoms with Crippen LogP contribution in [0.1, 0.15) is 23.7 Å². The zero-order valence-electron chi connectivity index (χ0n) is 13.1. The summed E-state index contributed by atoms with van der Waals surface area (Å²) < 4.78 is 48.1. The lowest BCUT2D eigenvalue weighted by molar-refractivity contribution is -0.0544. The second-order valence-electron chi connectivity index (χ2n) is 6.15. The molecule has 1 aromatic heterocycles. The third-order valence-corrected chi connectivity index (χ3v) is 6.68. The monoisotopic (exact) mass is 352 g/mol. The van der Waals surface area contributed by atoms with Crippen LogP contribution in [0.2, 0.25) is 0 Å². The second-order valence-corrected chi connectivity index (χ2v) is 8.05. The van der Waals surface area contributed by atoms with E-state index in [9.17, 15) is 12.8 Å². The fraction of sp³-hybridized carbons (Fsp3) is 0.467. The van der Waals surface area contributed by atoms with Gasteiger partial charge in [0.05, 0.1) is 35.5 Å². The molecule has 3 heterocycles. The van der Waals surface area contributed by atoms with Gasteiger partial charge in [0.25, 0.3) is 0 Å². The Hall–Kier alpha value is -1.84. The number of halogens is 1. The Bertz CT molecular complexity index is 883. The van der Waals surface area contributed by atoms with Gasteiger partial charge in [-0.1, -0.05) is 5.21 Å². The number of aromatic nitrogens is 3. The molecular formula is C15H17FN4O3S. The first-order valence-electron chi connectivity index (χ1n) is 7.74. The molecule has 0 bridgehead atoms. The lowest BCUT2D eigenvalue weighted by Gasteiger charge is -2.40. The molecule has 1 aromatic carbocycles. The van der Waals surface area contributed by atoms with E-state index in [1.807, 2.05) is 4.68 Å². The summed E-state index contributed by atoms with van der Waals surface area (Å²) >= 11 is 0. The zero-order chi connectivity index (χ0) is 16.9. The standard InChI is InChI=1S/C15H17FN4O3S/c1-10-6-11(16)2-3-15(10)24(21,22)19-5-4-13-14(8-19)23-9-12-7-17-18-20(12)13/h2-3,6-7,13-14H,4-5,8-9H2,1H3/t13-,14-/m0/s1. The van der Waals surface area contributed by atoms with Crippen molar-refractivity contribution in [2.45, 2.75) is 37.0 Å². The summed E-state index contributed by atoms with van der Waals surface area (Å²) in [4.78, 5) is 0.139. The van der Waals surface area contributed by atoms with E-state index >= 15 is 0 Å². The highest BCUT2D eigenvalue weighted by molar-refractivity contribution is 7.89. The predicted molar refractivity (Wildman–Crippen MR) is 82.1 cm³/mol. The van der Waals surface area contributed by atoms with Crippen molar-refractivity contribution >= 4 is 10.0 Å². The Morgan fingerprint density at radius 1 is 1.38 bits per heavy atom. The maximum atomic E-state index is 13.3. The molecular weight excluding hydrogens is 335 g/mol. The first kappa shape index (κ1) is 15.7. The summed E-state index contributed by atoms with van der Waals surface area (Å²) in [6, 6.07) is 3.73. The fourth-order valence-electron chi connectivity index (χ4n) is 3.42.